The van der Waals surface area contributed by atoms with E-state index in [2.05, 4.69) is 0 Å². The zero-order valence-electron chi connectivity index (χ0n) is 11.8. The van der Waals surface area contributed by atoms with Crippen LogP contribution in [0.25, 0.3) is 0 Å². The quantitative estimate of drug-likeness (QED) is 0.847. The van der Waals surface area contributed by atoms with Gasteiger partial charge >= 0.3 is 0 Å². The molecule has 0 aromatic carbocycles. The van der Waals surface area contributed by atoms with E-state index in [1.165, 1.54) is 0 Å². The van der Waals surface area contributed by atoms with Crippen LogP contribution in [0.15, 0.2) is 15.7 Å². The minimum atomic E-state index is -3.73. The zero-order chi connectivity index (χ0) is 14.8. The van der Waals surface area contributed by atoms with E-state index in [-0.39, 0.29) is 22.0 Å². The maximum absolute atomic E-state index is 11.6. The van der Waals surface area contributed by atoms with Crippen molar-refractivity contribution in [3.05, 3.63) is 17.0 Å². The molecule has 0 aliphatic carbocycles. The van der Waals surface area contributed by atoms with Crippen LogP contribution in [0.4, 0.5) is 0 Å². The molecule has 1 unspecified atom stereocenters. The average molecular weight is 305 g/mol. The molecule has 0 spiro atoms. The number of nitrogens with two attached hydrogens (primary N) is 1. The number of hydrogen-bond donors (Lipinski definition) is 2. The summed E-state index contributed by atoms with van der Waals surface area (Å²) in [5.41, 5.74) is 0.656. The summed E-state index contributed by atoms with van der Waals surface area (Å²) >= 11 is 1.12. The third kappa shape index (κ3) is 3.78. The van der Waals surface area contributed by atoms with Gasteiger partial charge in [-0.1, -0.05) is 34.1 Å². The number of rotatable bonds is 6. The summed E-state index contributed by atoms with van der Waals surface area (Å²) in [6.45, 7) is 7.93. The lowest BCUT2D eigenvalue weighted by molar-refractivity contribution is 0.0739. The summed E-state index contributed by atoms with van der Waals surface area (Å²) in [5.74, 6) is 0.0457. The van der Waals surface area contributed by atoms with Gasteiger partial charge in [0.1, 0.15) is 4.21 Å². The van der Waals surface area contributed by atoms with Crippen LogP contribution in [0.1, 0.15) is 45.6 Å². The van der Waals surface area contributed by atoms with Crippen LogP contribution in [0.5, 0.6) is 0 Å². The average Bonchev–Trinajstić information content (AvgIpc) is 2.77. The Hall–Kier alpha value is -0.430. The lowest BCUT2D eigenvalue weighted by Crippen LogP contribution is -2.30. The molecule has 1 heterocycles. The predicted molar refractivity (Wildman–Crippen MR) is 78.7 cm³/mol. The Morgan fingerprint density at radius 3 is 2.37 bits per heavy atom. The molecule has 0 amide bonds. The van der Waals surface area contributed by atoms with E-state index in [4.69, 9.17) is 5.14 Å². The molecule has 0 aliphatic rings. The van der Waals surface area contributed by atoms with E-state index in [9.17, 15) is 13.5 Å². The number of sulfonamides is 1. The lowest BCUT2D eigenvalue weighted by Gasteiger charge is -2.30. The first kappa shape index (κ1) is 16.6. The number of hydrogen-bond acceptors (Lipinski definition) is 4. The van der Waals surface area contributed by atoms with Gasteiger partial charge in [0.2, 0.25) is 10.0 Å². The summed E-state index contributed by atoms with van der Waals surface area (Å²) < 4.78 is 23.4. The van der Waals surface area contributed by atoms with Crippen molar-refractivity contribution >= 4 is 21.4 Å². The van der Waals surface area contributed by atoms with E-state index in [1.807, 2.05) is 27.7 Å². The molecule has 0 fully saturated rings. The van der Waals surface area contributed by atoms with Gasteiger partial charge in [-0.05, 0) is 28.8 Å². The Balaban J connectivity index is 3.31. The predicted octanol–water partition coefficient (Wildman–Crippen LogP) is 2.54. The molecular weight excluding hydrogens is 282 g/mol. The maximum Gasteiger partial charge on any atom is 0.247 e. The SMILES string of the molecule is CC[C@H](C)[C@@H](c1ccsc1S(N)(=O)=O)C(O)C(C)C. The van der Waals surface area contributed by atoms with Crippen molar-refractivity contribution in [2.24, 2.45) is 17.0 Å². The van der Waals surface area contributed by atoms with Gasteiger partial charge in [0.15, 0.2) is 0 Å². The fraction of sp³-hybridized carbons (Fsp3) is 0.692. The fourth-order valence-electron chi connectivity index (χ4n) is 2.28. The van der Waals surface area contributed by atoms with Crippen molar-refractivity contribution < 1.29 is 13.5 Å². The van der Waals surface area contributed by atoms with Crippen molar-refractivity contribution in [2.45, 2.75) is 50.3 Å². The van der Waals surface area contributed by atoms with Crippen LogP contribution in [0.2, 0.25) is 0 Å². The number of aliphatic hydroxyl groups is 1. The second-order valence-corrected chi connectivity index (χ2v) is 8.03. The van der Waals surface area contributed by atoms with Gasteiger partial charge in [0.25, 0.3) is 0 Å². The highest BCUT2D eigenvalue weighted by atomic mass is 32.2. The van der Waals surface area contributed by atoms with Gasteiger partial charge in [-0.3, -0.25) is 0 Å². The molecule has 4 nitrogen and oxygen atoms in total. The molecule has 1 aromatic rings. The van der Waals surface area contributed by atoms with Gasteiger partial charge in [-0.15, -0.1) is 11.3 Å². The van der Waals surface area contributed by atoms with Crippen molar-refractivity contribution in [1.29, 1.82) is 0 Å². The van der Waals surface area contributed by atoms with Gasteiger partial charge in [0.05, 0.1) is 6.10 Å². The Morgan fingerprint density at radius 1 is 1.37 bits per heavy atom. The normalized spacial score (nSPS) is 17.4. The number of thiophene rings is 1. The first-order valence-corrected chi connectivity index (χ1v) is 8.91. The molecule has 0 bridgehead atoms. The molecule has 3 atom stereocenters. The molecular formula is C13H23NO3S2. The Bertz CT molecular complexity index is 508. The highest BCUT2D eigenvalue weighted by Gasteiger charge is 2.32. The van der Waals surface area contributed by atoms with Crippen LogP contribution in [0, 0.1) is 11.8 Å². The van der Waals surface area contributed by atoms with Gasteiger partial charge < -0.3 is 5.11 Å². The van der Waals surface area contributed by atoms with Gasteiger partial charge in [-0.2, -0.15) is 0 Å². The molecule has 6 heteroatoms. The second-order valence-electron chi connectivity index (χ2n) is 5.35. The smallest absolute Gasteiger partial charge is 0.247 e. The van der Waals surface area contributed by atoms with E-state index < -0.39 is 16.1 Å². The lowest BCUT2D eigenvalue weighted by atomic mass is 9.79. The van der Waals surface area contributed by atoms with Crippen LogP contribution < -0.4 is 5.14 Å². The molecule has 3 N–H and O–H groups in total. The van der Waals surface area contributed by atoms with Crippen molar-refractivity contribution in [3.63, 3.8) is 0 Å². The molecule has 1 aromatic heterocycles. The molecule has 0 saturated carbocycles. The molecule has 0 aliphatic heterocycles. The Morgan fingerprint density at radius 2 is 1.95 bits per heavy atom. The third-order valence-corrected chi connectivity index (χ3v) is 6.04. The van der Waals surface area contributed by atoms with Crippen molar-refractivity contribution in [1.82, 2.24) is 0 Å². The molecule has 19 heavy (non-hydrogen) atoms. The fourth-order valence-corrected chi connectivity index (χ4v) is 4.19. The van der Waals surface area contributed by atoms with E-state index in [0.29, 0.717) is 5.56 Å². The van der Waals surface area contributed by atoms with E-state index in [0.717, 1.165) is 17.8 Å². The Labute approximate surface area is 119 Å². The largest absolute Gasteiger partial charge is 0.392 e. The number of aliphatic hydroxyl groups excluding tert-OH is 1. The topological polar surface area (TPSA) is 80.4 Å². The van der Waals surface area contributed by atoms with Gasteiger partial charge in [-0.25, -0.2) is 13.6 Å². The monoisotopic (exact) mass is 305 g/mol. The zero-order valence-corrected chi connectivity index (χ0v) is 13.5. The number of primary sulfonamides is 1. The summed E-state index contributed by atoms with van der Waals surface area (Å²) in [7, 11) is -3.73. The van der Waals surface area contributed by atoms with Gasteiger partial charge in [0, 0.05) is 5.92 Å². The van der Waals surface area contributed by atoms with E-state index >= 15 is 0 Å². The maximum atomic E-state index is 11.6. The first-order valence-electron chi connectivity index (χ1n) is 6.48. The molecule has 0 saturated heterocycles. The summed E-state index contributed by atoms with van der Waals surface area (Å²) in [4.78, 5) is 0. The second kappa shape index (κ2) is 6.35. The van der Waals surface area contributed by atoms with Crippen molar-refractivity contribution in [3.8, 4) is 0 Å². The van der Waals surface area contributed by atoms with E-state index in [1.54, 1.807) is 11.4 Å². The van der Waals surface area contributed by atoms with Crippen LogP contribution in [-0.4, -0.2) is 19.6 Å². The summed E-state index contributed by atoms with van der Waals surface area (Å²) in [6.07, 6.45) is 0.291. The molecule has 0 radical (unpaired) electrons. The van der Waals surface area contributed by atoms with Crippen LogP contribution >= 0.6 is 11.3 Å². The highest BCUT2D eigenvalue weighted by molar-refractivity contribution is 7.91. The summed E-state index contributed by atoms with van der Waals surface area (Å²) in [5, 5.41) is 17.4. The minimum Gasteiger partial charge on any atom is -0.392 e. The highest BCUT2D eigenvalue weighted by Crippen LogP contribution is 2.38. The third-order valence-electron chi connectivity index (χ3n) is 3.58. The molecule has 1 rings (SSSR count). The standard InChI is InChI=1S/C13H23NO3S2/c1-5-9(4)11(12(15)8(2)3)10-6-7-18-13(10)19(14,16)17/h6-9,11-12,15H,5H2,1-4H3,(H2,14,16,17)/t9-,11-,12?/m0/s1. The minimum absolute atomic E-state index is 0.0622. The molecule has 110 valence electrons. The van der Waals surface area contributed by atoms with Crippen LogP contribution in [0.3, 0.4) is 0 Å². The summed E-state index contributed by atoms with van der Waals surface area (Å²) in [6, 6.07) is 1.77. The van der Waals surface area contributed by atoms with Crippen molar-refractivity contribution in [2.75, 3.05) is 0 Å². The van der Waals surface area contributed by atoms with Crippen LogP contribution in [-0.2, 0) is 10.0 Å². The Kier molecular flexibility index (Phi) is 5.55. The first-order chi connectivity index (χ1) is 8.70.